The first-order valence-electron chi connectivity index (χ1n) is 5.17. The standard InChI is InChI=1S/C9H14N4O3S/c1-13(6-2-3-17(15,16)5-6)9(14)8-7(10)4-11-12-8/h4,6H,2-3,5,10H2,1H3,(H,11,12). The molecule has 0 spiro atoms. The lowest BCUT2D eigenvalue weighted by Crippen LogP contribution is -2.38. The van der Waals surface area contributed by atoms with Crippen LogP contribution < -0.4 is 5.73 Å². The van der Waals surface area contributed by atoms with Crippen molar-refractivity contribution in [3.8, 4) is 0 Å². The molecule has 0 aliphatic carbocycles. The van der Waals surface area contributed by atoms with Crippen LogP contribution in [0.4, 0.5) is 5.69 Å². The molecule has 1 saturated heterocycles. The summed E-state index contributed by atoms with van der Waals surface area (Å²) in [5.74, 6) is -0.182. The topological polar surface area (TPSA) is 109 Å². The summed E-state index contributed by atoms with van der Waals surface area (Å²) in [6.45, 7) is 0. The van der Waals surface area contributed by atoms with E-state index >= 15 is 0 Å². The van der Waals surface area contributed by atoms with Crippen LogP contribution in [0.2, 0.25) is 0 Å². The molecule has 1 aromatic rings. The van der Waals surface area contributed by atoms with E-state index in [4.69, 9.17) is 5.73 Å². The lowest BCUT2D eigenvalue weighted by atomic mass is 10.2. The number of hydrogen-bond donors (Lipinski definition) is 2. The zero-order valence-electron chi connectivity index (χ0n) is 9.38. The highest BCUT2D eigenvalue weighted by molar-refractivity contribution is 7.91. The van der Waals surface area contributed by atoms with Crippen molar-refractivity contribution < 1.29 is 13.2 Å². The molecule has 1 unspecified atom stereocenters. The lowest BCUT2D eigenvalue weighted by molar-refractivity contribution is 0.0743. The quantitative estimate of drug-likeness (QED) is 0.725. The van der Waals surface area contributed by atoms with Gasteiger partial charge in [-0.3, -0.25) is 9.89 Å². The molecule has 94 valence electrons. The van der Waals surface area contributed by atoms with Crippen LogP contribution in [0.3, 0.4) is 0 Å². The Bertz CT molecular complexity index is 536. The zero-order valence-corrected chi connectivity index (χ0v) is 10.2. The van der Waals surface area contributed by atoms with Gasteiger partial charge in [0, 0.05) is 13.1 Å². The van der Waals surface area contributed by atoms with Crippen LogP contribution in [0, 0.1) is 0 Å². The molecule has 1 aromatic heterocycles. The molecular weight excluding hydrogens is 244 g/mol. The van der Waals surface area contributed by atoms with Crippen LogP contribution in [-0.2, 0) is 9.84 Å². The van der Waals surface area contributed by atoms with Crippen molar-refractivity contribution in [3.05, 3.63) is 11.9 Å². The van der Waals surface area contributed by atoms with E-state index in [9.17, 15) is 13.2 Å². The molecule has 0 aromatic carbocycles. The smallest absolute Gasteiger partial charge is 0.274 e. The Morgan fingerprint density at radius 1 is 1.65 bits per heavy atom. The van der Waals surface area contributed by atoms with E-state index in [1.165, 1.54) is 11.1 Å². The number of hydrogen-bond acceptors (Lipinski definition) is 5. The van der Waals surface area contributed by atoms with Gasteiger partial charge in [-0.1, -0.05) is 0 Å². The van der Waals surface area contributed by atoms with E-state index in [0.717, 1.165) is 0 Å². The van der Waals surface area contributed by atoms with Gasteiger partial charge in [0.05, 0.1) is 23.4 Å². The number of anilines is 1. The van der Waals surface area contributed by atoms with Crippen molar-refractivity contribution in [2.75, 3.05) is 24.3 Å². The van der Waals surface area contributed by atoms with E-state index in [0.29, 0.717) is 6.42 Å². The summed E-state index contributed by atoms with van der Waals surface area (Å²) in [5.41, 5.74) is 6.04. The third-order valence-electron chi connectivity index (χ3n) is 2.96. The average molecular weight is 258 g/mol. The molecule has 0 bridgehead atoms. The highest BCUT2D eigenvalue weighted by Crippen LogP contribution is 2.19. The van der Waals surface area contributed by atoms with Crippen molar-refractivity contribution in [2.45, 2.75) is 12.5 Å². The number of nitrogens with one attached hydrogen (secondary N) is 1. The molecule has 1 atom stereocenters. The number of rotatable bonds is 2. The van der Waals surface area contributed by atoms with Crippen LogP contribution in [0.25, 0.3) is 0 Å². The fraction of sp³-hybridized carbons (Fsp3) is 0.556. The second kappa shape index (κ2) is 4.02. The van der Waals surface area contributed by atoms with E-state index in [1.807, 2.05) is 0 Å². The maximum atomic E-state index is 12.0. The molecular formula is C9H14N4O3S. The molecule has 1 aliphatic heterocycles. The SMILES string of the molecule is CN(C(=O)c1[nH]ncc1N)C1CCS(=O)(=O)C1. The lowest BCUT2D eigenvalue weighted by Gasteiger charge is -2.22. The fourth-order valence-corrected chi connectivity index (χ4v) is 3.66. The number of aromatic amines is 1. The molecule has 1 aliphatic rings. The Hall–Kier alpha value is -1.57. The summed E-state index contributed by atoms with van der Waals surface area (Å²) in [6, 6.07) is -0.282. The normalized spacial score (nSPS) is 22.5. The maximum Gasteiger partial charge on any atom is 0.274 e. The summed E-state index contributed by atoms with van der Waals surface area (Å²) >= 11 is 0. The molecule has 2 rings (SSSR count). The fourth-order valence-electron chi connectivity index (χ4n) is 1.89. The van der Waals surface area contributed by atoms with Crippen molar-refractivity contribution in [2.24, 2.45) is 0 Å². The van der Waals surface area contributed by atoms with Crippen LogP contribution in [0.5, 0.6) is 0 Å². The van der Waals surface area contributed by atoms with Gasteiger partial charge in [-0.15, -0.1) is 0 Å². The van der Waals surface area contributed by atoms with E-state index in [1.54, 1.807) is 7.05 Å². The summed E-state index contributed by atoms with van der Waals surface area (Å²) < 4.78 is 22.7. The van der Waals surface area contributed by atoms with Gasteiger partial charge in [0.2, 0.25) is 0 Å². The summed E-state index contributed by atoms with van der Waals surface area (Å²) in [4.78, 5) is 13.4. The minimum absolute atomic E-state index is 0.0171. The number of amides is 1. The Morgan fingerprint density at radius 2 is 2.35 bits per heavy atom. The molecule has 1 fully saturated rings. The zero-order chi connectivity index (χ0) is 12.6. The molecule has 0 saturated carbocycles. The largest absolute Gasteiger partial charge is 0.396 e. The van der Waals surface area contributed by atoms with Gasteiger partial charge in [-0.25, -0.2) is 8.42 Å². The predicted molar refractivity (Wildman–Crippen MR) is 62.2 cm³/mol. The van der Waals surface area contributed by atoms with Gasteiger partial charge in [0.1, 0.15) is 5.69 Å². The van der Waals surface area contributed by atoms with Crippen molar-refractivity contribution in [1.29, 1.82) is 0 Å². The average Bonchev–Trinajstić information content (AvgIpc) is 2.82. The van der Waals surface area contributed by atoms with Crippen molar-refractivity contribution in [1.82, 2.24) is 15.1 Å². The van der Waals surface area contributed by atoms with Gasteiger partial charge in [0.15, 0.2) is 9.84 Å². The Kier molecular flexibility index (Phi) is 2.82. The second-order valence-corrected chi connectivity index (χ2v) is 6.40. The number of aromatic nitrogens is 2. The van der Waals surface area contributed by atoms with Crippen LogP contribution in [-0.4, -0.2) is 54.0 Å². The van der Waals surface area contributed by atoms with E-state index in [-0.39, 0.29) is 34.8 Å². The first-order valence-corrected chi connectivity index (χ1v) is 6.99. The molecule has 17 heavy (non-hydrogen) atoms. The number of nitrogens with two attached hydrogens (primary N) is 1. The molecule has 2 heterocycles. The van der Waals surface area contributed by atoms with Crippen molar-refractivity contribution >= 4 is 21.4 Å². The summed E-state index contributed by atoms with van der Waals surface area (Å²) in [7, 11) is -1.43. The highest BCUT2D eigenvalue weighted by Gasteiger charge is 2.33. The van der Waals surface area contributed by atoms with Gasteiger partial charge >= 0.3 is 0 Å². The number of carbonyl (C=O) groups is 1. The number of H-pyrrole nitrogens is 1. The minimum atomic E-state index is -3.00. The Labute approximate surface area is 98.9 Å². The molecule has 3 N–H and O–H groups in total. The summed E-state index contributed by atoms with van der Waals surface area (Å²) in [6.07, 6.45) is 1.82. The Morgan fingerprint density at radius 3 is 2.82 bits per heavy atom. The highest BCUT2D eigenvalue weighted by atomic mass is 32.2. The van der Waals surface area contributed by atoms with Gasteiger partial charge < -0.3 is 10.6 Å². The van der Waals surface area contributed by atoms with Gasteiger partial charge in [-0.2, -0.15) is 5.10 Å². The maximum absolute atomic E-state index is 12.0. The van der Waals surface area contributed by atoms with E-state index in [2.05, 4.69) is 10.2 Å². The second-order valence-electron chi connectivity index (χ2n) is 4.17. The summed E-state index contributed by atoms with van der Waals surface area (Å²) in [5, 5.41) is 6.18. The monoisotopic (exact) mass is 258 g/mol. The van der Waals surface area contributed by atoms with Crippen LogP contribution in [0.15, 0.2) is 6.20 Å². The van der Waals surface area contributed by atoms with Crippen LogP contribution >= 0.6 is 0 Å². The third kappa shape index (κ3) is 2.26. The number of sulfone groups is 1. The van der Waals surface area contributed by atoms with Crippen molar-refractivity contribution in [3.63, 3.8) is 0 Å². The molecule has 8 heteroatoms. The molecule has 7 nitrogen and oxygen atoms in total. The van der Waals surface area contributed by atoms with Gasteiger partial charge in [-0.05, 0) is 6.42 Å². The Balaban J connectivity index is 2.14. The first kappa shape index (κ1) is 11.9. The number of carbonyl (C=O) groups excluding carboxylic acids is 1. The van der Waals surface area contributed by atoms with E-state index < -0.39 is 9.84 Å². The first-order chi connectivity index (χ1) is 7.91. The molecule has 1 amide bonds. The minimum Gasteiger partial charge on any atom is -0.396 e. The number of nitrogen functional groups attached to an aromatic ring is 1. The number of nitrogens with zero attached hydrogens (tertiary/aromatic N) is 2. The van der Waals surface area contributed by atoms with Gasteiger partial charge in [0.25, 0.3) is 5.91 Å². The van der Waals surface area contributed by atoms with Crippen LogP contribution in [0.1, 0.15) is 16.9 Å². The predicted octanol–water partition coefficient (Wildman–Crippen LogP) is -0.749. The third-order valence-corrected chi connectivity index (χ3v) is 4.71. The molecule has 0 radical (unpaired) electrons.